The summed E-state index contributed by atoms with van der Waals surface area (Å²) in [7, 11) is -11.1. The van der Waals surface area contributed by atoms with E-state index in [1.165, 1.54) is 34.6 Å². The van der Waals surface area contributed by atoms with Crippen molar-refractivity contribution in [3.05, 3.63) is 0 Å². The highest BCUT2D eigenvalue weighted by molar-refractivity contribution is 6.75. The van der Waals surface area contributed by atoms with Crippen LogP contribution >= 0.6 is 0 Å². The zero-order valence-electron chi connectivity index (χ0n) is 64.0. The summed E-state index contributed by atoms with van der Waals surface area (Å²) in [5.74, 6) is -5.67. The van der Waals surface area contributed by atoms with Gasteiger partial charge in [-0.3, -0.25) is 38.4 Å². The fourth-order valence-electron chi connectivity index (χ4n) is 7.03. The Bertz CT molecular complexity index is 2290. The number of aliphatic hydroxyl groups excluding tert-OH is 5. The van der Waals surface area contributed by atoms with Gasteiger partial charge in [0.05, 0.1) is 39.6 Å². The van der Waals surface area contributed by atoms with Crippen LogP contribution in [0.5, 0.6) is 0 Å². The fraction of sp³-hybridized carbons (Fsp3) is 0.875. The standard InChI is InChI=1S/C26H50O10Si2.C20H36O10Si.C18H42O6Si2/c1-17(27)33-21(15-31-37(11,12)25(5,6)7)23(35-19(3)29)24(36-20(4)30)22(34-18(2)28)16-32-38(13,14)26(8,9)10;1-12(22)27-16(10-21)18(29-14(3)24)19(30-15(4)25)17(28-13(2)23)11-26-31(8,9)20(5,6)7;1-17(2,3)25(7,8)23-11-13(19)15(21)16(22)14(20)12-24-26(9,10)18(4,5)6/h21-24H,15-16H2,1-14H3;16-19,21H,10-11H2,1-9H3;13-16,19-22H,11-12H2,1-10H3/t21-,22-,23-,24-;16-,17-,18-,19-;13-,14-,15-,16-/m111/s1. The Morgan fingerprint density at radius 3 is 0.568 bits per heavy atom. The molecule has 0 unspecified atom stereocenters. The Morgan fingerprint density at radius 2 is 0.421 bits per heavy atom. The van der Waals surface area contributed by atoms with Gasteiger partial charge in [-0.1, -0.05) is 104 Å². The summed E-state index contributed by atoms with van der Waals surface area (Å²) in [5, 5.41) is 49.9. The van der Waals surface area contributed by atoms with Crippen molar-refractivity contribution in [2.75, 3.05) is 39.6 Å². The molecule has 0 heterocycles. The SMILES string of the molecule is CC(=O)O[C@@H]([C@H](OC(C)=O)[C@@H](CO[Si](C)(C)C(C)(C)C)OC(C)=O)[C@@H](CO)OC(C)=O.CC(=O)O[C@@H]([C@H](OC(C)=O)[C@@H](CO[Si](C)(C)C(C)(C)C)OC(C)=O)[C@@H](CO[Si](C)(C)C(C)(C)C)OC(C)=O.CC(C)(C)[Si](C)(C)OC[C@@H](O)[C@@H](O)[C@H](O)[C@H](O)CO[Si](C)(C)C(C)(C)C. The Labute approximate surface area is 573 Å². The van der Waals surface area contributed by atoms with Crippen LogP contribution in [0.25, 0.3) is 0 Å². The zero-order chi connectivity index (χ0) is 76.0. The van der Waals surface area contributed by atoms with Crippen LogP contribution in [0.2, 0.25) is 90.7 Å². The van der Waals surface area contributed by atoms with E-state index >= 15 is 0 Å². The van der Waals surface area contributed by atoms with Crippen LogP contribution in [-0.4, -0.2) is 228 Å². The van der Waals surface area contributed by atoms with Gasteiger partial charge in [-0.05, 0) is 90.7 Å². The first kappa shape index (κ1) is 95.6. The van der Waals surface area contributed by atoms with E-state index in [0.29, 0.717) is 0 Å². The maximum Gasteiger partial charge on any atom is 0.303 e. The van der Waals surface area contributed by atoms with Crippen LogP contribution in [0.15, 0.2) is 0 Å². The van der Waals surface area contributed by atoms with Crippen molar-refractivity contribution < 1.29 is 124 Å². The van der Waals surface area contributed by atoms with Crippen molar-refractivity contribution >= 4 is 89.3 Å². The minimum Gasteiger partial charge on any atom is -0.456 e. The number of carbonyl (C=O) groups is 8. The molecule has 0 aliphatic heterocycles. The number of aliphatic hydroxyl groups is 5. The molecule has 31 heteroatoms. The topological polar surface area (TPSA) is 358 Å². The van der Waals surface area contributed by atoms with Gasteiger partial charge < -0.3 is 85.6 Å². The molecule has 0 saturated heterocycles. The third kappa shape index (κ3) is 35.4. The highest BCUT2D eigenvalue weighted by atomic mass is 28.4. The van der Waals surface area contributed by atoms with E-state index < -0.39 is 169 Å². The normalized spacial score (nSPS) is 16.8. The van der Waals surface area contributed by atoms with Crippen LogP contribution in [0, 0.1) is 0 Å². The van der Waals surface area contributed by atoms with Gasteiger partial charge in [-0.15, -0.1) is 0 Å². The summed E-state index contributed by atoms with van der Waals surface area (Å²) >= 11 is 0. The van der Waals surface area contributed by atoms with E-state index in [1.54, 1.807) is 0 Å². The molecule has 0 aromatic heterocycles. The Morgan fingerprint density at radius 1 is 0.274 bits per heavy atom. The van der Waals surface area contributed by atoms with Gasteiger partial charge in [-0.25, -0.2) is 0 Å². The minimum absolute atomic E-state index is 0.0210. The first-order valence-electron chi connectivity index (χ1n) is 32.2. The quantitative estimate of drug-likeness (QED) is 0.0232. The number of ether oxygens (including phenoxy) is 8. The molecule has 26 nitrogen and oxygen atoms in total. The summed E-state index contributed by atoms with van der Waals surface area (Å²) in [5.41, 5.74) is 0. The smallest absolute Gasteiger partial charge is 0.303 e. The minimum atomic E-state index is -2.33. The molecular weight excluding hydrogens is 1330 g/mol. The van der Waals surface area contributed by atoms with E-state index in [4.69, 9.17) is 60.0 Å². The van der Waals surface area contributed by atoms with Crippen molar-refractivity contribution in [3.63, 3.8) is 0 Å². The molecule has 560 valence electrons. The Hall–Kier alpha value is -3.56. The summed E-state index contributed by atoms with van der Waals surface area (Å²) in [6.07, 6.45) is -15.9. The number of esters is 8. The van der Waals surface area contributed by atoms with Crippen molar-refractivity contribution in [2.24, 2.45) is 0 Å². The van der Waals surface area contributed by atoms with Crippen molar-refractivity contribution in [1.82, 2.24) is 0 Å². The highest BCUT2D eigenvalue weighted by Gasteiger charge is 2.49. The van der Waals surface area contributed by atoms with Crippen LogP contribution in [0.1, 0.15) is 159 Å². The van der Waals surface area contributed by atoms with E-state index in [0.717, 1.165) is 20.8 Å². The molecule has 95 heavy (non-hydrogen) atoms. The highest BCUT2D eigenvalue weighted by Crippen LogP contribution is 2.41. The molecule has 5 N–H and O–H groups in total. The largest absolute Gasteiger partial charge is 0.456 e. The molecule has 0 radical (unpaired) electrons. The lowest BCUT2D eigenvalue weighted by Gasteiger charge is -2.41. The number of carbonyl (C=O) groups excluding carboxylic acids is 8. The summed E-state index contributed by atoms with van der Waals surface area (Å²) in [6.45, 7) is 59.2. The molecule has 0 bridgehead atoms. The molecule has 0 aliphatic rings. The van der Waals surface area contributed by atoms with Crippen LogP contribution in [-0.2, 0) is 98.4 Å². The average molecular weight is 1450 g/mol. The molecule has 0 rings (SSSR count). The van der Waals surface area contributed by atoms with Gasteiger partial charge in [0.15, 0.2) is 90.4 Å². The molecule has 0 aliphatic carbocycles. The van der Waals surface area contributed by atoms with Gasteiger partial charge >= 0.3 is 47.8 Å². The zero-order valence-corrected chi connectivity index (χ0v) is 69.0. The molecule has 0 spiro atoms. The number of hydrogen-bond acceptors (Lipinski definition) is 26. The Balaban J connectivity index is -0.00000136. The second-order valence-electron chi connectivity index (χ2n) is 31.5. The van der Waals surface area contributed by atoms with E-state index in [2.05, 4.69) is 83.1 Å². The molecule has 0 saturated carbocycles. The van der Waals surface area contributed by atoms with Crippen molar-refractivity contribution in [3.8, 4) is 0 Å². The van der Waals surface area contributed by atoms with E-state index in [-0.39, 0.29) is 58.2 Å². The second-order valence-corrected chi connectivity index (χ2v) is 55.6. The molecule has 0 amide bonds. The van der Waals surface area contributed by atoms with Gasteiger partial charge in [0.1, 0.15) is 24.4 Å². The predicted molar refractivity (Wildman–Crippen MR) is 371 cm³/mol. The van der Waals surface area contributed by atoms with Gasteiger partial charge in [-0.2, -0.15) is 0 Å². The lowest BCUT2D eigenvalue weighted by molar-refractivity contribution is -0.203. The van der Waals surface area contributed by atoms with E-state index in [9.17, 15) is 63.9 Å². The van der Waals surface area contributed by atoms with Gasteiger partial charge in [0.2, 0.25) is 0 Å². The summed E-state index contributed by atoms with van der Waals surface area (Å²) < 4.78 is 73.7. The first-order valence-corrected chi connectivity index (χ1v) is 46.7. The van der Waals surface area contributed by atoms with Crippen LogP contribution in [0.4, 0.5) is 0 Å². The van der Waals surface area contributed by atoms with Crippen molar-refractivity contribution in [2.45, 2.75) is 323 Å². The van der Waals surface area contributed by atoms with Gasteiger partial charge in [0, 0.05) is 55.4 Å². The average Bonchev–Trinajstić information content (AvgIpc) is 0.830. The first-order chi connectivity index (χ1) is 42.3. The van der Waals surface area contributed by atoms with Crippen LogP contribution < -0.4 is 0 Å². The number of rotatable bonds is 33. The van der Waals surface area contributed by atoms with Crippen LogP contribution in [0.3, 0.4) is 0 Å². The molecule has 12 atom stereocenters. The molecular formula is C64H128O26Si5. The molecule has 0 aromatic rings. The summed E-state index contributed by atoms with van der Waals surface area (Å²) in [4.78, 5) is 95.5. The molecule has 0 aromatic carbocycles. The summed E-state index contributed by atoms with van der Waals surface area (Å²) in [6, 6.07) is 0. The second kappa shape index (κ2) is 39.4. The lowest BCUT2D eigenvalue weighted by Crippen LogP contribution is -2.56. The third-order valence-electron chi connectivity index (χ3n) is 18.0. The predicted octanol–water partition coefficient (Wildman–Crippen LogP) is 8.96. The van der Waals surface area contributed by atoms with Crippen molar-refractivity contribution in [1.29, 1.82) is 0 Å². The lowest BCUT2D eigenvalue weighted by atomic mass is 10.0. The monoisotopic (exact) mass is 1450 g/mol. The fourth-order valence-corrected chi connectivity index (χ4v) is 12.1. The van der Waals surface area contributed by atoms with E-state index in [1.807, 2.05) is 86.2 Å². The van der Waals surface area contributed by atoms with Gasteiger partial charge in [0.25, 0.3) is 0 Å². The molecule has 0 fully saturated rings. The Kier molecular flexibility index (Phi) is 39.7. The number of hydrogen-bond donors (Lipinski definition) is 5. The third-order valence-corrected chi connectivity index (χ3v) is 40.5. The maximum absolute atomic E-state index is 12.2. The maximum atomic E-state index is 12.2.